The largest absolute Gasteiger partial charge is 0.323 e. The molecular weight excluding hydrogens is 191 g/mol. The van der Waals surface area contributed by atoms with Crippen LogP contribution in [0.5, 0.6) is 0 Å². The van der Waals surface area contributed by atoms with Crippen molar-refractivity contribution in [3.05, 3.63) is 35.6 Å². The lowest BCUT2D eigenvalue weighted by molar-refractivity contribution is 0.316. The van der Waals surface area contributed by atoms with Gasteiger partial charge in [-0.05, 0) is 43.6 Å². The lowest BCUT2D eigenvalue weighted by Gasteiger charge is -2.20. The van der Waals surface area contributed by atoms with Gasteiger partial charge in [0.25, 0.3) is 0 Å². The first-order valence-electron chi connectivity index (χ1n) is 5.49. The zero-order chi connectivity index (χ0) is 10.7. The molecule has 2 N–H and O–H groups in total. The van der Waals surface area contributed by atoms with Gasteiger partial charge in [0.1, 0.15) is 5.82 Å². The standard InChI is InChI=1S/C12H17FN2/c13-11-5-3-10(4-6-11)12(14)9-15-7-1-2-8-15/h3-6,12H,1-2,7-9,14H2/t12-/m1/s1. The lowest BCUT2D eigenvalue weighted by Crippen LogP contribution is -2.29. The van der Waals surface area contributed by atoms with Gasteiger partial charge in [0.05, 0.1) is 0 Å². The molecule has 0 bridgehead atoms. The molecule has 1 heterocycles. The van der Waals surface area contributed by atoms with E-state index in [1.165, 1.54) is 25.0 Å². The summed E-state index contributed by atoms with van der Waals surface area (Å²) in [5.41, 5.74) is 7.08. The Labute approximate surface area is 89.9 Å². The van der Waals surface area contributed by atoms with Crippen LogP contribution in [0.15, 0.2) is 24.3 Å². The second-order valence-corrected chi connectivity index (χ2v) is 4.17. The highest BCUT2D eigenvalue weighted by Crippen LogP contribution is 2.15. The van der Waals surface area contributed by atoms with Crippen LogP contribution in [-0.4, -0.2) is 24.5 Å². The van der Waals surface area contributed by atoms with E-state index in [-0.39, 0.29) is 11.9 Å². The van der Waals surface area contributed by atoms with E-state index in [2.05, 4.69) is 4.90 Å². The minimum absolute atomic E-state index is 0.00343. The predicted molar refractivity (Wildman–Crippen MR) is 59.0 cm³/mol. The first-order valence-corrected chi connectivity index (χ1v) is 5.49. The van der Waals surface area contributed by atoms with Crippen molar-refractivity contribution in [1.29, 1.82) is 0 Å². The molecule has 1 aromatic rings. The van der Waals surface area contributed by atoms with Crippen molar-refractivity contribution in [2.24, 2.45) is 5.73 Å². The Kier molecular flexibility index (Phi) is 3.34. The number of hydrogen-bond acceptors (Lipinski definition) is 2. The summed E-state index contributed by atoms with van der Waals surface area (Å²) in [4.78, 5) is 2.37. The Morgan fingerprint density at radius 1 is 1.20 bits per heavy atom. The van der Waals surface area contributed by atoms with Crippen molar-refractivity contribution in [1.82, 2.24) is 4.90 Å². The summed E-state index contributed by atoms with van der Waals surface area (Å²) >= 11 is 0. The van der Waals surface area contributed by atoms with Gasteiger partial charge in [-0.2, -0.15) is 0 Å². The third-order valence-electron chi connectivity index (χ3n) is 2.95. The summed E-state index contributed by atoms with van der Waals surface area (Å²) in [6, 6.07) is 6.49. The van der Waals surface area contributed by atoms with E-state index in [9.17, 15) is 4.39 Å². The molecule has 2 rings (SSSR count). The van der Waals surface area contributed by atoms with Crippen LogP contribution in [0.25, 0.3) is 0 Å². The second-order valence-electron chi connectivity index (χ2n) is 4.17. The Balaban J connectivity index is 1.94. The monoisotopic (exact) mass is 208 g/mol. The molecule has 0 spiro atoms. The highest BCUT2D eigenvalue weighted by molar-refractivity contribution is 5.19. The minimum Gasteiger partial charge on any atom is -0.323 e. The van der Waals surface area contributed by atoms with Crippen LogP contribution < -0.4 is 5.73 Å². The fourth-order valence-corrected chi connectivity index (χ4v) is 2.06. The van der Waals surface area contributed by atoms with E-state index in [0.29, 0.717) is 0 Å². The molecule has 0 radical (unpaired) electrons. The smallest absolute Gasteiger partial charge is 0.123 e. The van der Waals surface area contributed by atoms with Crippen LogP contribution in [0, 0.1) is 5.82 Å². The summed E-state index contributed by atoms with van der Waals surface area (Å²) in [7, 11) is 0. The molecule has 0 unspecified atom stereocenters. The van der Waals surface area contributed by atoms with Gasteiger partial charge in [0.15, 0.2) is 0 Å². The number of likely N-dealkylation sites (tertiary alicyclic amines) is 1. The fraction of sp³-hybridized carbons (Fsp3) is 0.500. The van der Waals surface area contributed by atoms with Crippen molar-refractivity contribution in [2.45, 2.75) is 18.9 Å². The average Bonchev–Trinajstić information content (AvgIpc) is 2.71. The molecule has 0 aliphatic carbocycles. The van der Waals surface area contributed by atoms with Crippen molar-refractivity contribution in [3.63, 3.8) is 0 Å². The molecule has 1 aliphatic rings. The molecule has 1 fully saturated rings. The Bertz CT molecular complexity index is 304. The summed E-state index contributed by atoms with van der Waals surface area (Å²) in [5.74, 6) is -0.202. The SMILES string of the molecule is N[C@H](CN1CCCC1)c1ccc(F)cc1. The maximum atomic E-state index is 12.7. The average molecular weight is 208 g/mol. The number of hydrogen-bond donors (Lipinski definition) is 1. The van der Waals surface area contributed by atoms with Crippen molar-refractivity contribution in [3.8, 4) is 0 Å². The van der Waals surface area contributed by atoms with Crippen LogP contribution in [0.3, 0.4) is 0 Å². The summed E-state index contributed by atoms with van der Waals surface area (Å²) in [6.07, 6.45) is 2.55. The van der Waals surface area contributed by atoms with Gasteiger partial charge in [-0.15, -0.1) is 0 Å². The van der Waals surface area contributed by atoms with E-state index in [4.69, 9.17) is 5.73 Å². The topological polar surface area (TPSA) is 29.3 Å². The molecule has 1 saturated heterocycles. The second kappa shape index (κ2) is 4.73. The molecule has 2 nitrogen and oxygen atoms in total. The van der Waals surface area contributed by atoms with Gasteiger partial charge in [-0.1, -0.05) is 12.1 Å². The number of benzene rings is 1. The van der Waals surface area contributed by atoms with E-state index >= 15 is 0 Å². The van der Waals surface area contributed by atoms with Crippen LogP contribution in [0.2, 0.25) is 0 Å². The molecule has 0 saturated carbocycles. The van der Waals surface area contributed by atoms with E-state index < -0.39 is 0 Å². The van der Waals surface area contributed by atoms with Gasteiger partial charge < -0.3 is 10.6 Å². The molecule has 82 valence electrons. The van der Waals surface area contributed by atoms with Gasteiger partial charge in [0.2, 0.25) is 0 Å². The summed E-state index contributed by atoms with van der Waals surface area (Å²) in [5, 5.41) is 0. The van der Waals surface area contributed by atoms with E-state index in [1.807, 2.05) is 0 Å². The fourth-order valence-electron chi connectivity index (χ4n) is 2.06. The maximum Gasteiger partial charge on any atom is 0.123 e. The maximum absolute atomic E-state index is 12.7. The lowest BCUT2D eigenvalue weighted by atomic mass is 10.1. The zero-order valence-electron chi connectivity index (χ0n) is 8.82. The number of halogens is 1. The van der Waals surface area contributed by atoms with Gasteiger partial charge >= 0.3 is 0 Å². The Morgan fingerprint density at radius 2 is 1.80 bits per heavy atom. The quantitative estimate of drug-likeness (QED) is 0.822. The molecule has 0 aromatic heterocycles. The molecular formula is C12H17FN2. The Hall–Kier alpha value is -0.930. The van der Waals surface area contributed by atoms with Crippen molar-refractivity contribution in [2.75, 3.05) is 19.6 Å². The van der Waals surface area contributed by atoms with Gasteiger partial charge in [0, 0.05) is 12.6 Å². The van der Waals surface area contributed by atoms with Crippen LogP contribution in [-0.2, 0) is 0 Å². The molecule has 1 aromatic carbocycles. The summed E-state index contributed by atoms with van der Waals surface area (Å²) < 4.78 is 12.7. The third kappa shape index (κ3) is 2.76. The van der Waals surface area contributed by atoms with Crippen LogP contribution in [0.1, 0.15) is 24.4 Å². The predicted octanol–water partition coefficient (Wildman–Crippen LogP) is 1.92. The van der Waals surface area contributed by atoms with E-state index in [0.717, 1.165) is 25.2 Å². The molecule has 1 aliphatic heterocycles. The molecule has 1 atom stereocenters. The zero-order valence-corrected chi connectivity index (χ0v) is 8.82. The third-order valence-corrected chi connectivity index (χ3v) is 2.95. The van der Waals surface area contributed by atoms with Crippen LogP contribution >= 0.6 is 0 Å². The molecule has 0 amide bonds. The minimum atomic E-state index is -0.202. The number of nitrogens with two attached hydrogens (primary N) is 1. The van der Waals surface area contributed by atoms with Gasteiger partial charge in [-0.25, -0.2) is 4.39 Å². The molecule has 3 heteroatoms. The molecule has 15 heavy (non-hydrogen) atoms. The first kappa shape index (κ1) is 10.6. The first-order chi connectivity index (χ1) is 7.25. The van der Waals surface area contributed by atoms with Crippen LogP contribution in [0.4, 0.5) is 4.39 Å². The normalized spacial score (nSPS) is 19.3. The van der Waals surface area contributed by atoms with Gasteiger partial charge in [-0.3, -0.25) is 0 Å². The highest BCUT2D eigenvalue weighted by Gasteiger charge is 2.15. The number of rotatable bonds is 3. The highest BCUT2D eigenvalue weighted by atomic mass is 19.1. The van der Waals surface area contributed by atoms with E-state index in [1.54, 1.807) is 12.1 Å². The van der Waals surface area contributed by atoms with Crippen molar-refractivity contribution >= 4 is 0 Å². The Morgan fingerprint density at radius 3 is 2.40 bits per heavy atom. The number of nitrogens with zero attached hydrogens (tertiary/aromatic N) is 1. The summed E-state index contributed by atoms with van der Waals surface area (Å²) in [6.45, 7) is 3.18. The van der Waals surface area contributed by atoms with Crippen molar-refractivity contribution < 1.29 is 4.39 Å².